The number of benzene rings is 2. The largest absolute Gasteiger partial charge is 0.325 e. The summed E-state index contributed by atoms with van der Waals surface area (Å²) in [6.45, 7) is 3.41. The summed E-state index contributed by atoms with van der Waals surface area (Å²) in [6, 6.07) is 14.2. The van der Waals surface area contributed by atoms with Crippen molar-refractivity contribution in [1.82, 2.24) is 10.2 Å². The number of nitrogens with zero attached hydrogens (tertiary/aromatic N) is 1. The van der Waals surface area contributed by atoms with Crippen molar-refractivity contribution in [2.75, 3.05) is 11.9 Å². The van der Waals surface area contributed by atoms with E-state index >= 15 is 0 Å². The number of nitrogens with one attached hydrogen (secondary N) is 2. The molecule has 1 heterocycles. The maximum atomic E-state index is 13.0. The van der Waals surface area contributed by atoms with Gasteiger partial charge in [-0.15, -0.1) is 0 Å². The van der Waals surface area contributed by atoms with Gasteiger partial charge in [-0.05, 0) is 52.5 Å². The van der Waals surface area contributed by atoms with Gasteiger partial charge >= 0.3 is 6.03 Å². The molecule has 146 valence electrons. The van der Waals surface area contributed by atoms with Gasteiger partial charge in [-0.2, -0.15) is 0 Å². The quantitative estimate of drug-likeness (QED) is 0.666. The second-order valence-electron chi connectivity index (χ2n) is 6.92. The molecular weight excluding hydrogens is 422 g/mol. The summed E-state index contributed by atoms with van der Waals surface area (Å²) in [5.74, 6) is -0.888. The van der Waals surface area contributed by atoms with Gasteiger partial charge in [0.25, 0.3) is 5.91 Å². The molecule has 0 spiro atoms. The molecule has 7 heteroatoms. The smallest absolute Gasteiger partial charge is 0.324 e. The van der Waals surface area contributed by atoms with Crippen LogP contribution in [0.4, 0.5) is 10.5 Å². The Kier molecular flexibility index (Phi) is 5.84. The predicted molar refractivity (Wildman–Crippen MR) is 111 cm³/mol. The van der Waals surface area contributed by atoms with Crippen LogP contribution in [0.25, 0.3) is 0 Å². The van der Waals surface area contributed by atoms with Gasteiger partial charge in [0.05, 0.1) is 5.69 Å². The van der Waals surface area contributed by atoms with Gasteiger partial charge in [0.15, 0.2) is 0 Å². The number of aryl methyl sites for hydroxylation is 1. The van der Waals surface area contributed by atoms with Crippen LogP contribution in [0.1, 0.15) is 31.4 Å². The van der Waals surface area contributed by atoms with Gasteiger partial charge in [-0.25, -0.2) is 4.79 Å². The van der Waals surface area contributed by atoms with E-state index < -0.39 is 23.4 Å². The molecule has 0 aromatic heterocycles. The summed E-state index contributed by atoms with van der Waals surface area (Å²) in [7, 11) is 0. The van der Waals surface area contributed by atoms with Crippen molar-refractivity contribution in [1.29, 1.82) is 0 Å². The summed E-state index contributed by atoms with van der Waals surface area (Å²) < 4.78 is 0.720. The first kappa shape index (κ1) is 20.1. The molecule has 1 unspecified atom stereocenters. The second kappa shape index (κ2) is 8.14. The third-order valence-electron chi connectivity index (χ3n) is 4.79. The zero-order valence-corrected chi connectivity index (χ0v) is 17.4. The third-order valence-corrected chi connectivity index (χ3v) is 5.49. The van der Waals surface area contributed by atoms with Gasteiger partial charge in [0, 0.05) is 4.47 Å². The average Bonchev–Trinajstić information content (AvgIpc) is 2.88. The molecule has 0 radical (unpaired) electrons. The van der Waals surface area contributed by atoms with E-state index in [1.165, 1.54) is 5.56 Å². The van der Waals surface area contributed by atoms with E-state index in [1.807, 2.05) is 30.3 Å². The van der Waals surface area contributed by atoms with Crippen molar-refractivity contribution < 1.29 is 14.4 Å². The summed E-state index contributed by atoms with van der Waals surface area (Å²) in [5.41, 5.74) is 1.26. The number of carbonyl (C=O) groups excluding carboxylic acids is 3. The first-order valence-electron chi connectivity index (χ1n) is 9.13. The molecule has 1 aliphatic rings. The van der Waals surface area contributed by atoms with Crippen LogP contribution in [0.2, 0.25) is 0 Å². The number of para-hydroxylation sites is 1. The Labute approximate surface area is 172 Å². The van der Waals surface area contributed by atoms with E-state index in [0.29, 0.717) is 11.3 Å². The molecule has 1 atom stereocenters. The normalized spacial score (nSPS) is 18.9. The molecule has 2 N–H and O–H groups in total. The first-order valence-corrected chi connectivity index (χ1v) is 9.92. The van der Waals surface area contributed by atoms with Crippen LogP contribution >= 0.6 is 15.9 Å². The maximum absolute atomic E-state index is 13.0. The highest BCUT2D eigenvalue weighted by Gasteiger charge is 2.49. The molecule has 3 rings (SSSR count). The number of carbonyl (C=O) groups is 3. The van der Waals surface area contributed by atoms with E-state index in [4.69, 9.17) is 0 Å². The van der Waals surface area contributed by atoms with Crippen molar-refractivity contribution >= 4 is 39.5 Å². The zero-order chi connectivity index (χ0) is 20.3. The number of urea groups is 1. The Morgan fingerprint density at radius 2 is 1.82 bits per heavy atom. The van der Waals surface area contributed by atoms with Crippen molar-refractivity contribution in [3.8, 4) is 0 Å². The van der Waals surface area contributed by atoms with Crippen LogP contribution in [0.15, 0.2) is 53.0 Å². The van der Waals surface area contributed by atoms with Crippen LogP contribution in [-0.4, -0.2) is 29.3 Å². The number of hydrogen-bond acceptors (Lipinski definition) is 3. The van der Waals surface area contributed by atoms with Crippen LogP contribution in [0.5, 0.6) is 0 Å². The molecule has 2 aromatic rings. The highest BCUT2D eigenvalue weighted by Crippen LogP contribution is 2.29. The fraction of sp³-hybridized carbons (Fsp3) is 0.286. The fourth-order valence-electron chi connectivity index (χ4n) is 3.23. The molecule has 28 heavy (non-hydrogen) atoms. The monoisotopic (exact) mass is 443 g/mol. The molecule has 6 nitrogen and oxygen atoms in total. The lowest BCUT2D eigenvalue weighted by Gasteiger charge is -2.22. The summed E-state index contributed by atoms with van der Waals surface area (Å²) in [4.78, 5) is 38.7. The molecular formula is C21H22BrN3O3. The van der Waals surface area contributed by atoms with E-state index in [-0.39, 0.29) is 6.54 Å². The molecule has 0 bridgehead atoms. The van der Waals surface area contributed by atoms with Gasteiger partial charge in [0.1, 0.15) is 12.1 Å². The Morgan fingerprint density at radius 3 is 2.46 bits per heavy atom. The number of imide groups is 1. The Balaban J connectivity index is 1.73. The average molecular weight is 444 g/mol. The Hall–Kier alpha value is -2.67. The van der Waals surface area contributed by atoms with E-state index in [0.717, 1.165) is 22.2 Å². The number of halogens is 1. The fourth-order valence-corrected chi connectivity index (χ4v) is 3.61. The van der Waals surface area contributed by atoms with E-state index in [9.17, 15) is 14.4 Å². The molecule has 4 amide bonds. The summed E-state index contributed by atoms with van der Waals surface area (Å²) >= 11 is 3.35. The molecule has 0 aliphatic carbocycles. The van der Waals surface area contributed by atoms with E-state index in [2.05, 4.69) is 33.5 Å². The molecule has 0 saturated carbocycles. The van der Waals surface area contributed by atoms with Gasteiger partial charge < -0.3 is 10.6 Å². The van der Waals surface area contributed by atoms with Crippen LogP contribution in [0.3, 0.4) is 0 Å². The molecule has 2 aromatic carbocycles. The molecule has 1 aliphatic heterocycles. The van der Waals surface area contributed by atoms with Crippen molar-refractivity contribution in [3.05, 3.63) is 64.1 Å². The Morgan fingerprint density at radius 1 is 1.14 bits per heavy atom. The second-order valence-corrected chi connectivity index (χ2v) is 7.78. The lowest BCUT2D eigenvalue weighted by molar-refractivity contribution is -0.133. The topological polar surface area (TPSA) is 78.5 Å². The Bertz CT molecular complexity index is 913. The third kappa shape index (κ3) is 3.94. The minimum atomic E-state index is -1.19. The maximum Gasteiger partial charge on any atom is 0.325 e. The minimum Gasteiger partial charge on any atom is -0.324 e. The number of amides is 4. The number of anilines is 1. The van der Waals surface area contributed by atoms with E-state index in [1.54, 1.807) is 25.1 Å². The van der Waals surface area contributed by atoms with Gasteiger partial charge in [-0.1, -0.05) is 49.7 Å². The van der Waals surface area contributed by atoms with Crippen molar-refractivity contribution in [2.45, 2.75) is 32.2 Å². The van der Waals surface area contributed by atoms with Crippen LogP contribution in [0, 0.1) is 0 Å². The van der Waals surface area contributed by atoms with Gasteiger partial charge in [0.2, 0.25) is 5.91 Å². The SMILES string of the molecule is CCCc1ccc(C2(C)NC(=O)N(CC(=O)Nc3ccccc3Br)C2=O)cc1. The van der Waals surface area contributed by atoms with Gasteiger partial charge in [-0.3, -0.25) is 14.5 Å². The van der Waals surface area contributed by atoms with Crippen LogP contribution in [-0.2, 0) is 21.5 Å². The van der Waals surface area contributed by atoms with Crippen LogP contribution < -0.4 is 10.6 Å². The van der Waals surface area contributed by atoms with Crippen molar-refractivity contribution in [3.63, 3.8) is 0 Å². The molecule has 1 saturated heterocycles. The lowest BCUT2D eigenvalue weighted by Crippen LogP contribution is -2.42. The summed E-state index contributed by atoms with van der Waals surface area (Å²) in [6.07, 6.45) is 1.99. The summed E-state index contributed by atoms with van der Waals surface area (Å²) in [5, 5.41) is 5.43. The standard InChI is InChI=1S/C21H22BrN3O3/c1-3-6-14-9-11-15(12-10-14)21(2)19(27)25(20(28)24-21)13-18(26)23-17-8-5-4-7-16(17)22/h4-5,7-12H,3,6,13H2,1-2H3,(H,23,26)(H,24,28). The van der Waals surface area contributed by atoms with Crippen molar-refractivity contribution in [2.24, 2.45) is 0 Å². The lowest BCUT2D eigenvalue weighted by atomic mass is 9.91. The highest BCUT2D eigenvalue weighted by atomic mass is 79.9. The number of rotatable bonds is 6. The first-order chi connectivity index (χ1) is 13.3. The zero-order valence-electron chi connectivity index (χ0n) is 15.8. The minimum absolute atomic E-state index is 0.352. The highest BCUT2D eigenvalue weighted by molar-refractivity contribution is 9.10. The molecule has 1 fully saturated rings. The number of hydrogen-bond donors (Lipinski definition) is 2. The predicted octanol–water partition coefficient (Wildman–Crippen LogP) is 3.81.